The minimum Gasteiger partial charge on any atom is -0.398 e. The molecule has 0 atom stereocenters. The molecule has 2 N–H and O–H groups in total. The second-order valence-corrected chi connectivity index (χ2v) is 2.58. The van der Waals surface area contributed by atoms with E-state index in [-0.39, 0.29) is 0 Å². The van der Waals surface area contributed by atoms with Crippen molar-refractivity contribution < 1.29 is 0 Å². The Kier molecular flexibility index (Phi) is 1.89. The lowest BCUT2D eigenvalue weighted by molar-refractivity contribution is 1.35. The fourth-order valence-corrected chi connectivity index (χ4v) is 1.00. The lowest BCUT2D eigenvalue weighted by Crippen LogP contribution is -1.92. The Morgan fingerprint density at radius 1 is 1.27 bits per heavy atom. The van der Waals surface area contributed by atoms with Crippen molar-refractivity contribution in [2.45, 2.75) is 13.8 Å². The summed E-state index contributed by atoms with van der Waals surface area (Å²) in [5, 5.41) is 2.83. The van der Waals surface area contributed by atoms with Gasteiger partial charge in [-0.2, -0.15) is 0 Å². The van der Waals surface area contributed by atoms with Crippen molar-refractivity contribution in [3.63, 3.8) is 0 Å². The summed E-state index contributed by atoms with van der Waals surface area (Å²) in [6.45, 7) is 3.72. The number of hydrogen-bond acceptors (Lipinski definition) is 3. The van der Waals surface area contributed by atoms with Crippen molar-refractivity contribution in [2.75, 3.05) is 5.73 Å². The van der Waals surface area contributed by atoms with Crippen molar-refractivity contribution in [1.82, 2.24) is 0 Å². The van der Waals surface area contributed by atoms with Crippen LogP contribution in [0.1, 0.15) is 11.1 Å². The lowest BCUT2D eigenvalue weighted by atomic mass is 10.1. The van der Waals surface area contributed by atoms with Crippen molar-refractivity contribution in [3.05, 3.63) is 28.2 Å². The summed E-state index contributed by atoms with van der Waals surface area (Å²) in [4.78, 5) is 10.1. The van der Waals surface area contributed by atoms with Crippen LogP contribution in [-0.4, -0.2) is 0 Å². The first-order chi connectivity index (χ1) is 5.15. The number of aryl methyl sites for hydroxylation is 2. The third kappa shape index (κ3) is 1.37. The topological polar surface area (TPSA) is 55.5 Å². The number of rotatable bonds is 1. The monoisotopic (exact) mass is 150 g/mol. The van der Waals surface area contributed by atoms with Crippen LogP contribution in [0.3, 0.4) is 0 Å². The van der Waals surface area contributed by atoms with Gasteiger partial charge >= 0.3 is 0 Å². The Labute approximate surface area is 65.2 Å². The van der Waals surface area contributed by atoms with Gasteiger partial charge in [0, 0.05) is 5.69 Å². The molecule has 58 valence electrons. The maximum absolute atomic E-state index is 10.1. The van der Waals surface area contributed by atoms with Crippen molar-refractivity contribution in [1.29, 1.82) is 0 Å². The molecule has 1 aromatic rings. The van der Waals surface area contributed by atoms with Gasteiger partial charge in [0.05, 0.1) is 0 Å². The second-order valence-electron chi connectivity index (χ2n) is 2.58. The van der Waals surface area contributed by atoms with Gasteiger partial charge in [0.2, 0.25) is 0 Å². The molecule has 3 nitrogen and oxygen atoms in total. The predicted molar refractivity (Wildman–Crippen MR) is 45.8 cm³/mol. The average Bonchev–Trinajstić information content (AvgIpc) is 1.99. The highest BCUT2D eigenvalue weighted by Crippen LogP contribution is 2.23. The summed E-state index contributed by atoms with van der Waals surface area (Å²) >= 11 is 0. The van der Waals surface area contributed by atoms with Crippen LogP contribution in [-0.2, 0) is 0 Å². The van der Waals surface area contributed by atoms with E-state index in [1.807, 2.05) is 13.8 Å². The molecule has 0 spiro atoms. The first-order valence-corrected chi connectivity index (χ1v) is 3.35. The highest BCUT2D eigenvalue weighted by molar-refractivity contribution is 5.59. The maximum atomic E-state index is 10.1. The number of anilines is 1. The molecule has 11 heavy (non-hydrogen) atoms. The van der Waals surface area contributed by atoms with Crippen LogP contribution in [0, 0.1) is 18.8 Å². The molecule has 0 aliphatic carbocycles. The van der Waals surface area contributed by atoms with E-state index in [4.69, 9.17) is 5.73 Å². The highest BCUT2D eigenvalue weighted by atomic mass is 16.3. The lowest BCUT2D eigenvalue weighted by Gasteiger charge is -2.03. The van der Waals surface area contributed by atoms with E-state index in [0.717, 1.165) is 16.8 Å². The van der Waals surface area contributed by atoms with Gasteiger partial charge in [-0.15, -0.1) is 4.91 Å². The van der Waals surface area contributed by atoms with Gasteiger partial charge in [0.25, 0.3) is 0 Å². The summed E-state index contributed by atoms with van der Waals surface area (Å²) in [6, 6.07) is 3.35. The minimum atomic E-state index is 0.439. The van der Waals surface area contributed by atoms with Crippen LogP contribution >= 0.6 is 0 Å². The normalized spacial score (nSPS) is 9.64. The number of benzene rings is 1. The third-order valence-corrected chi connectivity index (χ3v) is 1.68. The second kappa shape index (κ2) is 2.70. The summed E-state index contributed by atoms with van der Waals surface area (Å²) < 4.78 is 0. The fraction of sp³-hybridized carbons (Fsp3) is 0.250. The molecule has 1 rings (SSSR count). The Balaban J connectivity index is 3.31. The molecule has 0 heterocycles. The zero-order valence-electron chi connectivity index (χ0n) is 6.59. The van der Waals surface area contributed by atoms with E-state index in [1.54, 1.807) is 12.1 Å². The van der Waals surface area contributed by atoms with Gasteiger partial charge in [0.1, 0.15) is 5.69 Å². The zero-order chi connectivity index (χ0) is 8.43. The van der Waals surface area contributed by atoms with E-state index < -0.39 is 0 Å². The van der Waals surface area contributed by atoms with Crippen molar-refractivity contribution >= 4 is 11.4 Å². The van der Waals surface area contributed by atoms with Gasteiger partial charge < -0.3 is 5.73 Å². The van der Waals surface area contributed by atoms with Crippen LogP contribution in [0.4, 0.5) is 11.4 Å². The van der Waals surface area contributed by atoms with Crippen molar-refractivity contribution in [2.24, 2.45) is 5.18 Å². The Morgan fingerprint density at radius 2 is 1.73 bits per heavy atom. The molecule has 0 saturated heterocycles. The first kappa shape index (κ1) is 7.72. The molecule has 0 aliphatic heterocycles. The summed E-state index contributed by atoms with van der Waals surface area (Å²) in [7, 11) is 0. The smallest absolute Gasteiger partial charge is 0.108 e. The van der Waals surface area contributed by atoms with Crippen LogP contribution in [0.15, 0.2) is 17.3 Å². The van der Waals surface area contributed by atoms with Crippen LogP contribution in [0.25, 0.3) is 0 Å². The standard InChI is InChI=1S/C8H10N2O/c1-5-3-7(10-11)4-6(2)8(5)9/h3-4H,9H2,1-2H3. The molecule has 3 heteroatoms. The first-order valence-electron chi connectivity index (χ1n) is 3.35. The molecule has 0 bridgehead atoms. The molecule has 0 amide bonds. The number of hydrogen-bond donors (Lipinski definition) is 1. The van der Waals surface area contributed by atoms with Gasteiger partial charge in [-0.05, 0) is 42.3 Å². The predicted octanol–water partition coefficient (Wildman–Crippen LogP) is 2.28. The summed E-state index contributed by atoms with van der Waals surface area (Å²) in [6.07, 6.45) is 0. The molecule has 1 aromatic carbocycles. The van der Waals surface area contributed by atoms with Crippen LogP contribution in [0.2, 0.25) is 0 Å². The molecular formula is C8H10N2O. The van der Waals surface area contributed by atoms with Gasteiger partial charge in [0.15, 0.2) is 0 Å². The Hall–Kier alpha value is -1.38. The molecule has 0 saturated carbocycles. The van der Waals surface area contributed by atoms with E-state index in [0.29, 0.717) is 5.69 Å². The van der Waals surface area contributed by atoms with Gasteiger partial charge in [-0.25, -0.2) is 0 Å². The molecule has 0 fully saturated rings. The van der Waals surface area contributed by atoms with Crippen molar-refractivity contribution in [3.8, 4) is 0 Å². The van der Waals surface area contributed by atoms with E-state index in [9.17, 15) is 4.91 Å². The summed E-state index contributed by atoms with van der Waals surface area (Å²) in [5.41, 5.74) is 8.64. The van der Waals surface area contributed by atoms with Gasteiger partial charge in [-0.1, -0.05) is 0 Å². The zero-order valence-corrected chi connectivity index (χ0v) is 6.59. The van der Waals surface area contributed by atoms with E-state index >= 15 is 0 Å². The molecule has 0 radical (unpaired) electrons. The Morgan fingerprint density at radius 3 is 2.09 bits per heavy atom. The molecule has 0 aliphatic rings. The SMILES string of the molecule is Cc1cc(N=O)cc(C)c1N. The molecule has 0 aromatic heterocycles. The van der Waals surface area contributed by atoms with Crippen LogP contribution < -0.4 is 5.73 Å². The number of nitroso groups, excluding NO2 is 1. The highest BCUT2D eigenvalue weighted by Gasteiger charge is 2.00. The number of nitrogens with two attached hydrogens (primary N) is 1. The largest absolute Gasteiger partial charge is 0.398 e. The fourth-order valence-electron chi connectivity index (χ4n) is 1.00. The number of nitrogen functional groups attached to an aromatic ring is 1. The number of nitrogens with zero attached hydrogens (tertiary/aromatic N) is 1. The Bertz CT molecular complexity index is 271. The molecular weight excluding hydrogens is 140 g/mol. The van der Waals surface area contributed by atoms with Gasteiger partial charge in [-0.3, -0.25) is 0 Å². The quantitative estimate of drug-likeness (QED) is 0.493. The van der Waals surface area contributed by atoms with E-state index in [2.05, 4.69) is 5.18 Å². The average molecular weight is 150 g/mol. The molecule has 0 unspecified atom stereocenters. The maximum Gasteiger partial charge on any atom is 0.108 e. The minimum absolute atomic E-state index is 0.439. The summed E-state index contributed by atoms with van der Waals surface area (Å²) in [5.74, 6) is 0. The third-order valence-electron chi connectivity index (χ3n) is 1.68. The van der Waals surface area contributed by atoms with E-state index in [1.165, 1.54) is 0 Å². The van der Waals surface area contributed by atoms with Crippen LogP contribution in [0.5, 0.6) is 0 Å².